The molecule has 0 spiro atoms. The monoisotopic (exact) mass is 341 g/mol. The molecule has 1 aromatic carbocycles. The van der Waals surface area contributed by atoms with Crippen molar-refractivity contribution in [2.75, 3.05) is 7.05 Å². The third-order valence-electron chi connectivity index (χ3n) is 4.03. The van der Waals surface area contributed by atoms with E-state index in [1.165, 1.54) is 6.33 Å². The zero-order chi connectivity index (χ0) is 17.1. The Morgan fingerprint density at radius 1 is 1.33 bits per heavy atom. The van der Waals surface area contributed by atoms with Gasteiger partial charge in [0, 0.05) is 12.4 Å². The van der Waals surface area contributed by atoms with Crippen LogP contribution in [0.5, 0.6) is 0 Å². The number of carbonyl (C=O) groups excluding carboxylic acids is 1. The van der Waals surface area contributed by atoms with E-state index in [0.29, 0.717) is 6.42 Å². The van der Waals surface area contributed by atoms with E-state index in [1.807, 2.05) is 50.5 Å². The van der Waals surface area contributed by atoms with Gasteiger partial charge in [-0.25, -0.2) is 14.6 Å². The Hall–Kier alpha value is -2.54. The van der Waals surface area contributed by atoms with Gasteiger partial charge in [0.1, 0.15) is 12.7 Å². The average molecular weight is 341 g/mol. The summed E-state index contributed by atoms with van der Waals surface area (Å²) in [4.78, 5) is 22.5. The number of rotatable bonds is 5. The Morgan fingerprint density at radius 3 is 2.67 bits per heavy atom. The van der Waals surface area contributed by atoms with Crippen LogP contribution in [-0.4, -0.2) is 37.6 Å². The van der Waals surface area contributed by atoms with Crippen molar-refractivity contribution in [1.82, 2.24) is 24.6 Å². The Labute approximate surface area is 144 Å². The molecule has 1 amide bonds. The Balaban J connectivity index is 1.68. The highest BCUT2D eigenvalue weighted by Crippen LogP contribution is 2.21. The van der Waals surface area contributed by atoms with Crippen molar-refractivity contribution in [2.24, 2.45) is 0 Å². The van der Waals surface area contributed by atoms with E-state index in [2.05, 4.69) is 15.1 Å². The van der Waals surface area contributed by atoms with Gasteiger partial charge >= 0.3 is 0 Å². The second-order valence-corrected chi connectivity index (χ2v) is 6.71. The van der Waals surface area contributed by atoms with Gasteiger partial charge in [0.05, 0.1) is 28.9 Å². The maximum Gasteiger partial charge on any atom is 0.228 e. The minimum absolute atomic E-state index is 0.0120. The lowest BCUT2D eigenvalue weighted by Crippen LogP contribution is -2.31. The lowest BCUT2D eigenvalue weighted by atomic mass is 10.1. The highest BCUT2D eigenvalue weighted by atomic mass is 32.1. The summed E-state index contributed by atoms with van der Waals surface area (Å²) in [7, 11) is 1.83. The Bertz CT molecular complexity index is 810. The van der Waals surface area contributed by atoms with Gasteiger partial charge < -0.3 is 4.90 Å². The normalized spacial score (nSPS) is 12.1. The number of benzene rings is 1. The number of aromatic nitrogens is 4. The molecule has 0 aliphatic heterocycles. The quantitative estimate of drug-likeness (QED) is 0.716. The summed E-state index contributed by atoms with van der Waals surface area (Å²) in [5.41, 5.74) is 2.85. The number of likely N-dealkylation sites (N-methyl/N-ethyl adjacent to an activating group) is 1. The fourth-order valence-electron chi connectivity index (χ4n) is 2.46. The number of aryl methyl sites for hydroxylation is 1. The molecule has 0 radical (unpaired) electrons. The minimum Gasteiger partial charge on any atom is -0.339 e. The van der Waals surface area contributed by atoms with Crippen LogP contribution in [0.1, 0.15) is 29.2 Å². The highest BCUT2D eigenvalue weighted by molar-refractivity contribution is 7.09. The van der Waals surface area contributed by atoms with Gasteiger partial charge in [0.15, 0.2) is 0 Å². The minimum atomic E-state index is -0.0120. The molecule has 0 aliphatic rings. The molecule has 6 nitrogen and oxygen atoms in total. The maximum atomic E-state index is 12.5. The van der Waals surface area contributed by atoms with Gasteiger partial charge in [-0.05, 0) is 31.5 Å². The van der Waals surface area contributed by atoms with Crippen LogP contribution in [0, 0.1) is 6.92 Å². The van der Waals surface area contributed by atoms with Crippen LogP contribution in [0.15, 0.2) is 42.3 Å². The first-order valence-electron chi connectivity index (χ1n) is 7.66. The van der Waals surface area contributed by atoms with Crippen molar-refractivity contribution in [2.45, 2.75) is 26.3 Å². The predicted octanol–water partition coefficient (Wildman–Crippen LogP) is 2.79. The molecule has 1 atom stereocenters. The van der Waals surface area contributed by atoms with Crippen LogP contribution in [-0.2, 0) is 11.2 Å². The first-order chi connectivity index (χ1) is 11.5. The summed E-state index contributed by atoms with van der Waals surface area (Å²) in [5.74, 6) is 0.0631. The third-order valence-corrected chi connectivity index (χ3v) is 4.85. The van der Waals surface area contributed by atoms with Gasteiger partial charge in [0.25, 0.3) is 0 Å². The van der Waals surface area contributed by atoms with Gasteiger partial charge in [-0.15, -0.1) is 11.3 Å². The van der Waals surface area contributed by atoms with E-state index in [9.17, 15) is 4.79 Å². The number of thiazole rings is 1. The molecule has 0 fully saturated rings. The number of nitrogens with zero attached hydrogens (tertiary/aromatic N) is 5. The largest absolute Gasteiger partial charge is 0.339 e. The lowest BCUT2D eigenvalue weighted by molar-refractivity contribution is -0.131. The average Bonchev–Trinajstić information content (AvgIpc) is 3.25. The molecule has 1 unspecified atom stereocenters. The zero-order valence-electron chi connectivity index (χ0n) is 13.9. The molecular formula is C17H19N5OS. The molecule has 2 heterocycles. The van der Waals surface area contributed by atoms with Crippen molar-refractivity contribution >= 4 is 17.2 Å². The highest BCUT2D eigenvalue weighted by Gasteiger charge is 2.18. The van der Waals surface area contributed by atoms with Gasteiger partial charge in [0.2, 0.25) is 5.91 Å². The molecule has 0 saturated heterocycles. The summed E-state index contributed by atoms with van der Waals surface area (Å²) in [6.07, 6.45) is 3.50. The van der Waals surface area contributed by atoms with Crippen molar-refractivity contribution in [3.05, 3.63) is 58.6 Å². The lowest BCUT2D eigenvalue weighted by Gasteiger charge is -2.25. The molecule has 3 aromatic rings. The molecule has 3 rings (SSSR count). The van der Waals surface area contributed by atoms with Gasteiger partial charge in [-0.3, -0.25) is 4.79 Å². The van der Waals surface area contributed by atoms with Crippen molar-refractivity contribution in [3.8, 4) is 5.69 Å². The fraction of sp³-hybridized carbons (Fsp3) is 0.294. The first-order valence-corrected chi connectivity index (χ1v) is 8.54. The van der Waals surface area contributed by atoms with E-state index >= 15 is 0 Å². The Morgan fingerprint density at radius 2 is 2.08 bits per heavy atom. The molecule has 0 saturated carbocycles. The van der Waals surface area contributed by atoms with Crippen molar-refractivity contribution in [1.29, 1.82) is 0 Å². The topological polar surface area (TPSA) is 63.9 Å². The van der Waals surface area contributed by atoms with E-state index in [1.54, 1.807) is 27.2 Å². The summed E-state index contributed by atoms with van der Waals surface area (Å²) in [6.45, 7) is 3.97. The van der Waals surface area contributed by atoms with Crippen LogP contribution >= 0.6 is 11.3 Å². The molecular weight excluding hydrogens is 322 g/mol. The third kappa shape index (κ3) is 3.51. The first kappa shape index (κ1) is 16.3. The molecule has 0 N–H and O–H groups in total. The van der Waals surface area contributed by atoms with Crippen molar-refractivity contribution in [3.63, 3.8) is 0 Å². The molecule has 124 valence electrons. The van der Waals surface area contributed by atoms with E-state index in [4.69, 9.17) is 0 Å². The number of carbonyl (C=O) groups is 1. The summed E-state index contributed by atoms with van der Waals surface area (Å²) >= 11 is 1.57. The molecule has 0 bridgehead atoms. The standard InChI is InChI=1S/C17H19N5OS/c1-12(21(3)17(23)8-15-9-24-13(2)20-15)14-4-6-16(7-5-14)22-11-18-10-19-22/h4-7,9-12H,8H2,1-3H3. The number of hydrogen-bond donors (Lipinski definition) is 0. The van der Waals surface area contributed by atoms with Crippen LogP contribution < -0.4 is 0 Å². The van der Waals surface area contributed by atoms with E-state index in [0.717, 1.165) is 22.0 Å². The molecule has 24 heavy (non-hydrogen) atoms. The fourth-order valence-corrected chi connectivity index (χ4v) is 3.07. The van der Waals surface area contributed by atoms with Crippen LogP contribution in [0.2, 0.25) is 0 Å². The number of hydrogen-bond acceptors (Lipinski definition) is 5. The molecule has 0 aliphatic carbocycles. The van der Waals surface area contributed by atoms with E-state index in [-0.39, 0.29) is 11.9 Å². The molecule has 2 aromatic heterocycles. The second-order valence-electron chi connectivity index (χ2n) is 5.65. The van der Waals surface area contributed by atoms with Crippen LogP contribution in [0.3, 0.4) is 0 Å². The van der Waals surface area contributed by atoms with Gasteiger partial charge in [-0.2, -0.15) is 5.10 Å². The zero-order valence-corrected chi connectivity index (χ0v) is 14.7. The van der Waals surface area contributed by atoms with E-state index < -0.39 is 0 Å². The predicted molar refractivity (Wildman–Crippen MR) is 93.1 cm³/mol. The second kappa shape index (κ2) is 6.92. The molecule has 7 heteroatoms. The smallest absolute Gasteiger partial charge is 0.228 e. The summed E-state index contributed by atoms with van der Waals surface area (Å²) in [6, 6.07) is 7.96. The van der Waals surface area contributed by atoms with Crippen LogP contribution in [0.4, 0.5) is 0 Å². The number of amides is 1. The SMILES string of the molecule is Cc1nc(CC(=O)N(C)C(C)c2ccc(-n3cncn3)cc2)cs1. The summed E-state index contributed by atoms with van der Waals surface area (Å²) < 4.78 is 1.70. The summed E-state index contributed by atoms with van der Waals surface area (Å²) in [5, 5.41) is 7.03. The maximum absolute atomic E-state index is 12.5. The van der Waals surface area contributed by atoms with Crippen molar-refractivity contribution < 1.29 is 4.79 Å². The van der Waals surface area contributed by atoms with Crippen LogP contribution in [0.25, 0.3) is 5.69 Å². The van der Waals surface area contributed by atoms with Gasteiger partial charge in [-0.1, -0.05) is 12.1 Å². The Kier molecular flexibility index (Phi) is 4.71.